The summed E-state index contributed by atoms with van der Waals surface area (Å²) in [6, 6.07) is 79.5. The number of anilines is 3. The Balaban J connectivity index is 1.05. The molecule has 0 saturated heterocycles. The second-order valence-electron chi connectivity index (χ2n) is 14.6. The van der Waals surface area contributed by atoms with Crippen LogP contribution in [0.2, 0.25) is 0 Å². The van der Waals surface area contributed by atoms with Gasteiger partial charge in [0.15, 0.2) is 0 Å². The molecule has 11 aromatic rings. The van der Waals surface area contributed by atoms with Crippen molar-refractivity contribution in [2.75, 3.05) is 4.90 Å². The topological polar surface area (TPSA) is 8.17 Å². The second kappa shape index (κ2) is 13.2. The van der Waals surface area contributed by atoms with E-state index in [0.717, 1.165) is 17.1 Å². The molecular formula is C54H36N2. The van der Waals surface area contributed by atoms with E-state index in [2.05, 4.69) is 228 Å². The lowest BCUT2D eigenvalue weighted by atomic mass is 9.98. The maximum atomic E-state index is 2.40. The smallest absolute Gasteiger partial charge is 0.0547 e. The van der Waals surface area contributed by atoms with Crippen molar-refractivity contribution >= 4 is 71.2 Å². The quantitative estimate of drug-likeness (QED) is 0.156. The highest BCUT2D eigenvalue weighted by molar-refractivity contribution is 6.18. The number of fused-ring (bicyclic) bond motifs is 7. The molecule has 0 aliphatic rings. The molecule has 262 valence electrons. The van der Waals surface area contributed by atoms with E-state index in [0.29, 0.717) is 0 Å². The summed E-state index contributed by atoms with van der Waals surface area (Å²) >= 11 is 0. The fourth-order valence-corrected chi connectivity index (χ4v) is 8.56. The van der Waals surface area contributed by atoms with Gasteiger partial charge in [0.05, 0.1) is 11.0 Å². The van der Waals surface area contributed by atoms with E-state index in [1.165, 1.54) is 82.1 Å². The molecule has 2 nitrogen and oxygen atoms in total. The number of nitrogens with zero attached hydrogens (tertiary/aromatic N) is 2. The van der Waals surface area contributed by atoms with E-state index in [4.69, 9.17) is 0 Å². The summed E-state index contributed by atoms with van der Waals surface area (Å²) in [5, 5.41) is 9.98. The minimum Gasteiger partial charge on any atom is -0.310 e. The lowest BCUT2D eigenvalue weighted by Crippen LogP contribution is -2.09. The monoisotopic (exact) mass is 712 g/mol. The van der Waals surface area contributed by atoms with Crippen LogP contribution in [-0.2, 0) is 0 Å². The van der Waals surface area contributed by atoms with E-state index in [-0.39, 0.29) is 0 Å². The maximum absolute atomic E-state index is 2.40. The van der Waals surface area contributed by atoms with Crippen LogP contribution in [0, 0.1) is 0 Å². The van der Waals surface area contributed by atoms with Crippen LogP contribution in [0.15, 0.2) is 218 Å². The first-order chi connectivity index (χ1) is 27.7. The van der Waals surface area contributed by atoms with Crippen molar-refractivity contribution in [2.45, 2.75) is 0 Å². The highest BCUT2D eigenvalue weighted by Crippen LogP contribution is 2.41. The summed E-state index contributed by atoms with van der Waals surface area (Å²) in [6.45, 7) is 0. The molecule has 0 spiro atoms. The highest BCUT2D eigenvalue weighted by atomic mass is 15.1. The molecule has 11 rings (SSSR count). The second-order valence-corrected chi connectivity index (χ2v) is 14.6. The molecule has 1 aromatic heterocycles. The van der Waals surface area contributed by atoms with Gasteiger partial charge in [-0.05, 0) is 127 Å². The Morgan fingerprint density at radius 1 is 0.268 bits per heavy atom. The largest absolute Gasteiger partial charge is 0.310 e. The average Bonchev–Trinajstić information content (AvgIpc) is 3.59. The number of para-hydroxylation sites is 2. The SMILES string of the molecule is c1ccc(-c2ccc(N(c3ccc(-c4ccc5ccccc5c4)cc3)c3ccc4c(ccc5cc6c7ccccc7n(-c7ccccc7)c6cc54)c3)cc2)cc1. The van der Waals surface area contributed by atoms with Crippen LogP contribution < -0.4 is 4.90 Å². The lowest BCUT2D eigenvalue weighted by molar-refractivity contribution is 1.18. The number of hydrogen-bond donors (Lipinski definition) is 0. The van der Waals surface area contributed by atoms with Gasteiger partial charge in [0.2, 0.25) is 0 Å². The Hall–Kier alpha value is -7.42. The van der Waals surface area contributed by atoms with E-state index >= 15 is 0 Å². The van der Waals surface area contributed by atoms with Crippen molar-refractivity contribution in [3.8, 4) is 27.9 Å². The van der Waals surface area contributed by atoms with Gasteiger partial charge in [-0.15, -0.1) is 0 Å². The summed E-state index contributed by atoms with van der Waals surface area (Å²) in [5.41, 5.74) is 11.8. The van der Waals surface area contributed by atoms with Crippen molar-refractivity contribution in [1.29, 1.82) is 0 Å². The summed E-state index contributed by atoms with van der Waals surface area (Å²) < 4.78 is 2.40. The Morgan fingerprint density at radius 2 is 0.821 bits per heavy atom. The fourth-order valence-electron chi connectivity index (χ4n) is 8.56. The number of aromatic nitrogens is 1. The molecule has 0 atom stereocenters. The summed E-state index contributed by atoms with van der Waals surface area (Å²) in [6.07, 6.45) is 0. The van der Waals surface area contributed by atoms with Crippen LogP contribution in [0.5, 0.6) is 0 Å². The predicted octanol–water partition coefficient (Wildman–Crippen LogP) is 15.0. The van der Waals surface area contributed by atoms with Gasteiger partial charge in [0.1, 0.15) is 0 Å². The molecule has 10 aromatic carbocycles. The molecule has 0 fully saturated rings. The lowest BCUT2D eigenvalue weighted by Gasteiger charge is -2.26. The third-order valence-electron chi connectivity index (χ3n) is 11.3. The number of hydrogen-bond acceptors (Lipinski definition) is 1. The average molecular weight is 713 g/mol. The third kappa shape index (κ3) is 5.42. The van der Waals surface area contributed by atoms with Gasteiger partial charge in [-0.1, -0.05) is 146 Å². The zero-order chi connectivity index (χ0) is 37.0. The summed E-state index contributed by atoms with van der Waals surface area (Å²) in [7, 11) is 0. The van der Waals surface area contributed by atoms with Gasteiger partial charge >= 0.3 is 0 Å². The van der Waals surface area contributed by atoms with Crippen molar-refractivity contribution in [3.63, 3.8) is 0 Å². The van der Waals surface area contributed by atoms with Crippen molar-refractivity contribution < 1.29 is 0 Å². The molecule has 0 radical (unpaired) electrons. The standard InChI is InChI=1S/C54H36N2/c1-3-11-37(12-4-1)39-23-27-46(28-24-39)55(47-29-25-40(26-30-47)42-20-19-38-13-7-8-14-41(38)33-42)48-31-32-49-43(34-48)21-22-44-35-52-50-17-9-10-18-53(50)56(54(52)36-51(44)49)45-15-5-2-6-16-45/h1-36H. The van der Waals surface area contributed by atoms with Gasteiger partial charge in [-0.3, -0.25) is 0 Å². The summed E-state index contributed by atoms with van der Waals surface area (Å²) in [4.78, 5) is 2.37. The molecule has 0 aliphatic carbocycles. The van der Waals surface area contributed by atoms with Gasteiger partial charge in [0, 0.05) is 33.5 Å². The first-order valence-electron chi connectivity index (χ1n) is 19.3. The molecular weight excluding hydrogens is 677 g/mol. The Labute approximate surface area is 325 Å². The van der Waals surface area contributed by atoms with E-state index in [9.17, 15) is 0 Å². The Morgan fingerprint density at radius 3 is 1.57 bits per heavy atom. The van der Waals surface area contributed by atoms with Gasteiger partial charge in [-0.2, -0.15) is 0 Å². The van der Waals surface area contributed by atoms with Crippen LogP contribution in [-0.4, -0.2) is 4.57 Å². The van der Waals surface area contributed by atoms with Crippen LogP contribution in [0.25, 0.3) is 82.1 Å². The van der Waals surface area contributed by atoms with Crippen molar-refractivity contribution in [1.82, 2.24) is 4.57 Å². The molecule has 0 N–H and O–H groups in total. The normalized spacial score (nSPS) is 11.6. The molecule has 1 heterocycles. The Bertz CT molecular complexity index is 3210. The minimum atomic E-state index is 1.11. The van der Waals surface area contributed by atoms with Gasteiger partial charge < -0.3 is 9.47 Å². The molecule has 0 saturated carbocycles. The molecule has 0 unspecified atom stereocenters. The minimum absolute atomic E-state index is 1.11. The zero-order valence-corrected chi connectivity index (χ0v) is 30.7. The van der Waals surface area contributed by atoms with Gasteiger partial charge in [-0.25, -0.2) is 0 Å². The predicted molar refractivity (Wildman–Crippen MR) is 239 cm³/mol. The molecule has 56 heavy (non-hydrogen) atoms. The zero-order valence-electron chi connectivity index (χ0n) is 30.7. The Kier molecular flexibility index (Phi) is 7.53. The number of benzene rings is 10. The first kappa shape index (κ1) is 32.0. The van der Waals surface area contributed by atoms with Crippen LogP contribution in [0.3, 0.4) is 0 Å². The third-order valence-corrected chi connectivity index (χ3v) is 11.3. The van der Waals surface area contributed by atoms with E-state index in [1.807, 2.05) is 0 Å². The highest BCUT2D eigenvalue weighted by Gasteiger charge is 2.17. The number of rotatable bonds is 6. The summed E-state index contributed by atoms with van der Waals surface area (Å²) in [5.74, 6) is 0. The molecule has 0 amide bonds. The van der Waals surface area contributed by atoms with Crippen LogP contribution in [0.4, 0.5) is 17.1 Å². The van der Waals surface area contributed by atoms with E-state index in [1.54, 1.807) is 0 Å². The maximum Gasteiger partial charge on any atom is 0.0547 e. The molecule has 0 bridgehead atoms. The van der Waals surface area contributed by atoms with Gasteiger partial charge in [0.25, 0.3) is 0 Å². The van der Waals surface area contributed by atoms with Crippen LogP contribution >= 0.6 is 0 Å². The first-order valence-corrected chi connectivity index (χ1v) is 19.3. The molecule has 0 aliphatic heterocycles. The van der Waals surface area contributed by atoms with E-state index < -0.39 is 0 Å². The van der Waals surface area contributed by atoms with Crippen molar-refractivity contribution in [2.24, 2.45) is 0 Å². The molecule has 2 heteroatoms. The van der Waals surface area contributed by atoms with Crippen LogP contribution in [0.1, 0.15) is 0 Å². The van der Waals surface area contributed by atoms with Crippen molar-refractivity contribution in [3.05, 3.63) is 218 Å². The fraction of sp³-hybridized carbons (Fsp3) is 0.